The molecule has 2 atom stereocenters. The van der Waals surface area contributed by atoms with E-state index in [1.54, 1.807) is 6.08 Å². The Morgan fingerprint density at radius 1 is 0.701 bits per heavy atom. The first-order chi connectivity index (χ1) is 37.4. The van der Waals surface area contributed by atoms with Gasteiger partial charge in [0.1, 0.15) is 12.4 Å². The number of allylic oxidation sites excluding steroid dienone is 19. The fourth-order valence-electron chi connectivity index (χ4n) is 11.7. The van der Waals surface area contributed by atoms with Crippen molar-refractivity contribution in [2.75, 3.05) is 23.5 Å². The summed E-state index contributed by atoms with van der Waals surface area (Å²) in [4.78, 5) is 4.66. The van der Waals surface area contributed by atoms with Crippen LogP contribution >= 0.6 is 0 Å². The van der Waals surface area contributed by atoms with Gasteiger partial charge in [0.15, 0.2) is 0 Å². The highest BCUT2D eigenvalue weighted by Crippen LogP contribution is 2.54. The lowest BCUT2D eigenvalue weighted by Gasteiger charge is -2.44. The van der Waals surface area contributed by atoms with Crippen LogP contribution in [0.25, 0.3) is 22.3 Å². The molecule has 390 valence electrons. The van der Waals surface area contributed by atoms with Crippen molar-refractivity contribution in [2.45, 2.75) is 91.9 Å². The monoisotopic (exact) mass is 1010 g/mol. The molecule has 0 fully saturated rings. The lowest BCUT2D eigenvalue weighted by Crippen LogP contribution is -2.44. The number of aryl methyl sites for hydroxylation is 2. The third kappa shape index (κ3) is 11.9. The second-order valence-corrected chi connectivity index (χ2v) is 22.1. The van der Waals surface area contributed by atoms with Gasteiger partial charge in [-0.3, -0.25) is 0 Å². The summed E-state index contributed by atoms with van der Waals surface area (Å²) >= 11 is 0. The number of hydrogen-bond donors (Lipinski definition) is 0. The topological polar surface area (TPSA) is 15.7 Å². The first-order valence-corrected chi connectivity index (χ1v) is 27.9. The standard InChI is InChI=1S/C74H78N2O/c1-10-11-12-25-49-75(9)65-47-48-67(68(52-65)59-30-20-14-15-21-31-59)72(54(2)3)74(56(5)28-18-17-26-50-77-71-36-24-23-35-69(71)74)70-53-66(43-37-55(70)4)76(63-34-27-33-62(42-46-63)73(6,7)8)64-44-40-58(41-45-64)61-39-38-57-29-19-13-16-22-32-60(57)51-61/h10-15,17-20,23-28,30,34-49,51-53,56H,1-2,16,21-22,29,31-33,50H2,3-9H3/b12-11-,19-13-,26-17-,28-18-,49-25+,68-59-,72-67+. The largest absolute Gasteiger partial charge is 0.489 e. The van der Waals surface area contributed by atoms with Gasteiger partial charge in [0.05, 0.1) is 5.41 Å². The summed E-state index contributed by atoms with van der Waals surface area (Å²) in [7, 11) is 2.12. The van der Waals surface area contributed by atoms with Gasteiger partial charge in [-0.1, -0.05) is 198 Å². The molecular formula is C74H78N2O. The second kappa shape index (κ2) is 24.4. The Balaban J connectivity index is 1.35. The third-order valence-electron chi connectivity index (χ3n) is 15.8. The van der Waals surface area contributed by atoms with E-state index in [9.17, 15) is 0 Å². The summed E-state index contributed by atoms with van der Waals surface area (Å²) in [6, 6.07) is 39.2. The quantitative estimate of drug-likeness (QED) is 0.0969. The molecule has 0 amide bonds. The van der Waals surface area contributed by atoms with E-state index in [1.807, 2.05) is 12.2 Å². The summed E-state index contributed by atoms with van der Waals surface area (Å²) in [5, 5.41) is 2.35. The Morgan fingerprint density at radius 2 is 1.49 bits per heavy atom. The molecule has 3 heteroatoms. The SMILES string of the molecule is C=C/C=C\C=C\N(C)c1ccc(=C(/C(=C)C)C2(c3cc(N(C4=CC=C(C(C)(C)C)CC=C4)c4ccc(-c5ccc6c(c5)CCC/C=C\C6)cc4)ccc3C)c3ccccc3OC/C=C\C=C/C2C)/c(=C2/C=CC=CCC2)c1. The van der Waals surface area contributed by atoms with Crippen LogP contribution in [-0.2, 0) is 18.3 Å². The van der Waals surface area contributed by atoms with Crippen LogP contribution in [0.4, 0.5) is 17.1 Å². The maximum Gasteiger partial charge on any atom is 0.124 e. The molecule has 2 unspecified atom stereocenters. The summed E-state index contributed by atoms with van der Waals surface area (Å²) in [6.07, 6.45) is 48.9. The van der Waals surface area contributed by atoms with E-state index in [0.29, 0.717) is 6.61 Å². The molecule has 0 radical (unpaired) electrons. The Kier molecular flexibility index (Phi) is 17.1. The molecule has 5 aromatic rings. The van der Waals surface area contributed by atoms with E-state index in [0.717, 1.165) is 89.0 Å². The Bertz CT molecular complexity index is 3460. The molecule has 1 heterocycles. The fourth-order valence-corrected chi connectivity index (χ4v) is 11.7. The van der Waals surface area contributed by atoms with Crippen molar-refractivity contribution in [3.63, 3.8) is 0 Å². The van der Waals surface area contributed by atoms with Crippen LogP contribution in [0.2, 0.25) is 0 Å². The smallest absolute Gasteiger partial charge is 0.124 e. The molecule has 5 aromatic carbocycles. The first kappa shape index (κ1) is 53.9. The number of rotatable bonds is 11. The molecule has 0 saturated heterocycles. The Hall–Kier alpha value is -7.88. The van der Waals surface area contributed by atoms with Crippen LogP contribution in [0.3, 0.4) is 0 Å². The van der Waals surface area contributed by atoms with E-state index in [4.69, 9.17) is 11.3 Å². The molecule has 9 rings (SSSR count). The van der Waals surface area contributed by atoms with Crippen LogP contribution in [0.15, 0.2) is 249 Å². The number of para-hydroxylation sites is 1. The van der Waals surface area contributed by atoms with Gasteiger partial charge >= 0.3 is 0 Å². The van der Waals surface area contributed by atoms with Crippen molar-refractivity contribution in [2.24, 2.45) is 11.3 Å². The van der Waals surface area contributed by atoms with Crippen molar-refractivity contribution in [3.05, 3.63) is 287 Å². The third-order valence-corrected chi connectivity index (χ3v) is 15.8. The average molecular weight is 1010 g/mol. The molecule has 0 N–H and O–H groups in total. The zero-order valence-corrected chi connectivity index (χ0v) is 46.7. The van der Waals surface area contributed by atoms with Gasteiger partial charge in [-0.25, -0.2) is 0 Å². The van der Waals surface area contributed by atoms with Crippen LogP contribution in [0.1, 0.15) is 94.5 Å². The molecule has 1 aliphatic heterocycles. The number of benzene rings is 5. The van der Waals surface area contributed by atoms with Gasteiger partial charge in [-0.05, 0) is 192 Å². The van der Waals surface area contributed by atoms with Crippen molar-refractivity contribution < 1.29 is 4.74 Å². The van der Waals surface area contributed by atoms with Gasteiger partial charge in [-0.2, -0.15) is 0 Å². The predicted octanol–water partition coefficient (Wildman–Crippen LogP) is 17.7. The lowest BCUT2D eigenvalue weighted by molar-refractivity contribution is 0.348. The predicted molar refractivity (Wildman–Crippen MR) is 332 cm³/mol. The first-order valence-electron chi connectivity index (χ1n) is 27.9. The van der Waals surface area contributed by atoms with E-state index >= 15 is 0 Å². The lowest BCUT2D eigenvalue weighted by atomic mass is 9.58. The molecular weight excluding hydrogens is 933 g/mol. The van der Waals surface area contributed by atoms with E-state index in [1.165, 1.54) is 56.2 Å². The summed E-state index contributed by atoms with van der Waals surface area (Å²) < 4.78 is 6.89. The van der Waals surface area contributed by atoms with Crippen LogP contribution in [0, 0.1) is 18.3 Å². The molecule has 4 aliphatic rings. The minimum atomic E-state index is -0.822. The molecule has 0 saturated carbocycles. The number of nitrogens with zero attached hydrogens (tertiary/aromatic N) is 2. The number of ether oxygens (including phenoxy) is 1. The number of anilines is 3. The van der Waals surface area contributed by atoms with Crippen LogP contribution in [0.5, 0.6) is 5.75 Å². The molecule has 3 aliphatic carbocycles. The average Bonchev–Trinajstić information content (AvgIpc) is 3.87. The minimum absolute atomic E-state index is 0.0294. The Morgan fingerprint density at radius 3 is 2.31 bits per heavy atom. The summed E-state index contributed by atoms with van der Waals surface area (Å²) in [5.74, 6) is 0.765. The van der Waals surface area contributed by atoms with Gasteiger partial charge in [0.25, 0.3) is 0 Å². The Labute approximate surface area is 461 Å². The highest BCUT2D eigenvalue weighted by atomic mass is 16.5. The van der Waals surface area contributed by atoms with Crippen molar-refractivity contribution in [1.29, 1.82) is 0 Å². The van der Waals surface area contributed by atoms with Gasteiger partial charge < -0.3 is 14.5 Å². The normalized spacial score (nSPS) is 20.9. The molecule has 0 spiro atoms. The number of fused-ring (bicyclic) bond motifs is 2. The highest BCUT2D eigenvalue weighted by Gasteiger charge is 2.46. The fraction of sp³-hybridized carbons (Fsp3) is 0.243. The van der Waals surface area contributed by atoms with Gasteiger partial charge in [-0.15, -0.1) is 0 Å². The zero-order valence-electron chi connectivity index (χ0n) is 46.7. The molecule has 0 bridgehead atoms. The molecule has 3 nitrogen and oxygen atoms in total. The van der Waals surface area contributed by atoms with Crippen molar-refractivity contribution in [1.82, 2.24) is 0 Å². The molecule has 77 heavy (non-hydrogen) atoms. The number of hydrogen-bond acceptors (Lipinski definition) is 3. The summed E-state index contributed by atoms with van der Waals surface area (Å²) in [6.45, 7) is 23.1. The van der Waals surface area contributed by atoms with E-state index in [2.05, 4.69) is 265 Å². The minimum Gasteiger partial charge on any atom is -0.489 e. The maximum atomic E-state index is 6.89. The zero-order chi connectivity index (χ0) is 53.9. The van der Waals surface area contributed by atoms with E-state index < -0.39 is 5.41 Å². The van der Waals surface area contributed by atoms with Crippen molar-refractivity contribution in [3.8, 4) is 16.9 Å². The second-order valence-electron chi connectivity index (χ2n) is 22.1. The van der Waals surface area contributed by atoms with Gasteiger partial charge in [0, 0.05) is 41.6 Å². The summed E-state index contributed by atoms with van der Waals surface area (Å²) in [5.41, 5.74) is 17.3. The molecule has 0 aromatic heterocycles. The van der Waals surface area contributed by atoms with Crippen LogP contribution in [-0.4, -0.2) is 13.7 Å². The van der Waals surface area contributed by atoms with Crippen molar-refractivity contribution >= 4 is 28.2 Å². The van der Waals surface area contributed by atoms with Gasteiger partial charge in [0.2, 0.25) is 0 Å². The highest BCUT2D eigenvalue weighted by molar-refractivity contribution is 5.84. The van der Waals surface area contributed by atoms with Crippen LogP contribution < -0.4 is 25.0 Å². The maximum absolute atomic E-state index is 6.89. The van der Waals surface area contributed by atoms with E-state index in [-0.39, 0.29) is 11.3 Å².